The number of hydrogen-bond donors (Lipinski definition) is 2. The molecule has 35 heavy (non-hydrogen) atoms. The van der Waals surface area contributed by atoms with Crippen LogP contribution in [0.1, 0.15) is 16.1 Å². The SMILES string of the molecule is Nc1nccc(Oc2c(F)cc(NC(=O)c3cnn(-c4ccccc4)c3C(F)(F)F)cc2F)c1Cl. The molecule has 7 nitrogen and oxygen atoms in total. The number of carbonyl (C=O) groups excluding carboxylic acids is 1. The Morgan fingerprint density at radius 1 is 1.09 bits per heavy atom. The lowest BCUT2D eigenvalue weighted by Crippen LogP contribution is -2.20. The predicted octanol–water partition coefficient (Wildman–Crippen LogP) is 5.84. The first-order valence-corrected chi connectivity index (χ1v) is 10.0. The number of rotatable bonds is 5. The minimum absolute atomic E-state index is 0.0628. The van der Waals surface area contributed by atoms with E-state index in [0.717, 1.165) is 0 Å². The molecule has 4 aromatic rings. The molecule has 0 unspecified atom stereocenters. The van der Waals surface area contributed by atoms with Gasteiger partial charge in [-0.15, -0.1) is 0 Å². The summed E-state index contributed by atoms with van der Waals surface area (Å²) in [6.07, 6.45) is -3.04. The van der Waals surface area contributed by atoms with E-state index >= 15 is 0 Å². The van der Waals surface area contributed by atoms with Gasteiger partial charge in [-0.2, -0.15) is 18.3 Å². The summed E-state index contributed by atoms with van der Waals surface area (Å²) in [4.78, 5) is 16.3. The molecule has 0 fully saturated rings. The van der Waals surface area contributed by atoms with E-state index in [1.165, 1.54) is 36.5 Å². The normalized spacial score (nSPS) is 11.4. The second kappa shape index (κ2) is 9.22. The fourth-order valence-corrected chi connectivity index (χ4v) is 3.26. The standard InChI is InChI=1S/C22H13ClF5N5O2/c23-17-16(6-7-30-20(17)29)35-18-14(24)8-11(9-15(18)25)32-21(34)13-10-31-33(19(13)22(26,27)28)12-4-2-1-3-5-12/h1-10H,(H2,29,30)(H,32,34). The number of nitrogens with two attached hydrogens (primary N) is 1. The molecular weight excluding hydrogens is 497 g/mol. The minimum Gasteiger partial charge on any atom is -0.449 e. The van der Waals surface area contributed by atoms with Gasteiger partial charge in [-0.25, -0.2) is 18.4 Å². The topological polar surface area (TPSA) is 95.1 Å². The van der Waals surface area contributed by atoms with Crippen LogP contribution in [0.5, 0.6) is 11.5 Å². The van der Waals surface area contributed by atoms with Gasteiger partial charge in [-0.3, -0.25) is 4.79 Å². The number of nitrogens with one attached hydrogen (secondary N) is 1. The number of amides is 1. The van der Waals surface area contributed by atoms with Crippen molar-refractivity contribution in [3.8, 4) is 17.2 Å². The number of ether oxygens (including phenoxy) is 1. The number of hydrogen-bond acceptors (Lipinski definition) is 5. The van der Waals surface area contributed by atoms with Crippen LogP contribution >= 0.6 is 11.6 Å². The summed E-state index contributed by atoms with van der Waals surface area (Å²) in [5.74, 6) is -4.99. The number of anilines is 2. The Hall–Kier alpha value is -4.19. The number of aromatic nitrogens is 3. The largest absolute Gasteiger partial charge is 0.449 e. The van der Waals surface area contributed by atoms with Crippen LogP contribution in [0, 0.1) is 11.6 Å². The number of nitrogen functional groups attached to an aromatic ring is 1. The van der Waals surface area contributed by atoms with Gasteiger partial charge >= 0.3 is 6.18 Å². The van der Waals surface area contributed by atoms with E-state index in [-0.39, 0.29) is 22.3 Å². The average molecular weight is 510 g/mol. The Labute approximate surface area is 198 Å². The van der Waals surface area contributed by atoms with Crippen molar-refractivity contribution in [3.63, 3.8) is 0 Å². The van der Waals surface area contributed by atoms with Crippen LogP contribution in [0.3, 0.4) is 0 Å². The number of alkyl halides is 3. The maximum Gasteiger partial charge on any atom is 0.434 e. The van der Waals surface area contributed by atoms with E-state index in [9.17, 15) is 26.7 Å². The van der Waals surface area contributed by atoms with E-state index < -0.39 is 46.4 Å². The molecule has 2 aromatic heterocycles. The van der Waals surface area contributed by atoms with E-state index in [0.29, 0.717) is 23.0 Å². The van der Waals surface area contributed by atoms with Crippen molar-refractivity contribution in [1.29, 1.82) is 0 Å². The summed E-state index contributed by atoms with van der Waals surface area (Å²) in [6, 6.07) is 9.90. The quantitative estimate of drug-likeness (QED) is 0.329. The third kappa shape index (κ3) is 4.87. The Balaban J connectivity index is 1.64. The Bertz CT molecular complexity index is 1390. The van der Waals surface area contributed by atoms with Gasteiger partial charge in [0.2, 0.25) is 0 Å². The average Bonchev–Trinajstić information content (AvgIpc) is 3.26. The summed E-state index contributed by atoms with van der Waals surface area (Å²) in [5.41, 5.74) is 2.92. The molecule has 0 aliphatic heterocycles. The van der Waals surface area contributed by atoms with Crippen LogP contribution in [-0.2, 0) is 6.18 Å². The molecule has 2 heterocycles. The van der Waals surface area contributed by atoms with Gasteiger partial charge in [0.15, 0.2) is 28.8 Å². The van der Waals surface area contributed by atoms with Crippen molar-refractivity contribution in [1.82, 2.24) is 14.8 Å². The molecule has 0 aliphatic rings. The highest BCUT2D eigenvalue weighted by molar-refractivity contribution is 6.34. The van der Waals surface area contributed by atoms with Crippen LogP contribution < -0.4 is 15.8 Å². The first-order valence-electron chi connectivity index (χ1n) is 9.65. The summed E-state index contributed by atoms with van der Waals surface area (Å²) >= 11 is 5.90. The van der Waals surface area contributed by atoms with Gasteiger partial charge in [0.1, 0.15) is 10.8 Å². The second-order valence-electron chi connectivity index (χ2n) is 6.99. The van der Waals surface area contributed by atoms with Gasteiger partial charge in [0.05, 0.1) is 17.4 Å². The fourth-order valence-electron chi connectivity index (χ4n) is 3.11. The highest BCUT2D eigenvalue weighted by Gasteiger charge is 2.40. The van der Waals surface area contributed by atoms with Crippen LogP contribution in [0.15, 0.2) is 60.9 Å². The molecule has 1 amide bonds. The Kier molecular flexibility index (Phi) is 6.31. The smallest absolute Gasteiger partial charge is 0.434 e. The molecule has 0 aliphatic carbocycles. The summed E-state index contributed by atoms with van der Waals surface area (Å²) in [7, 11) is 0. The third-order valence-electron chi connectivity index (χ3n) is 4.63. The van der Waals surface area contributed by atoms with Gasteiger partial charge < -0.3 is 15.8 Å². The molecule has 13 heteroatoms. The maximum absolute atomic E-state index is 14.6. The van der Waals surface area contributed by atoms with Crippen molar-refractivity contribution >= 4 is 29.0 Å². The van der Waals surface area contributed by atoms with Crippen molar-refractivity contribution in [2.75, 3.05) is 11.1 Å². The lowest BCUT2D eigenvalue weighted by atomic mass is 10.2. The van der Waals surface area contributed by atoms with E-state index in [1.54, 1.807) is 6.07 Å². The fraction of sp³-hybridized carbons (Fsp3) is 0.0455. The van der Waals surface area contributed by atoms with Gasteiger partial charge in [-0.05, 0) is 12.1 Å². The van der Waals surface area contributed by atoms with Crippen LogP contribution in [-0.4, -0.2) is 20.7 Å². The van der Waals surface area contributed by atoms with Gasteiger partial charge in [0, 0.05) is 30.1 Å². The molecule has 4 rings (SSSR count). The van der Waals surface area contributed by atoms with Gasteiger partial charge in [-0.1, -0.05) is 29.8 Å². The molecule has 2 aromatic carbocycles. The molecule has 0 radical (unpaired) electrons. The lowest BCUT2D eigenvalue weighted by Gasteiger charge is -2.14. The number of nitrogens with zero attached hydrogens (tertiary/aromatic N) is 3. The van der Waals surface area contributed by atoms with Gasteiger partial charge in [0.25, 0.3) is 5.91 Å². The van der Waals surface area contributed by atoms with E-state index in [2.05, 4.69) is 10.1 Å². The molecule has 0 atom stereocenters. The lowest BCUT2D eigenvalue weighted by molar-refractivity contribution is -0.143. The molecule has 0 saturated heterocycles. The predicted molar refractivity (Wildman–Crippen MR) is 117 cm³/mol. The maximum atomic E-state index is 14.6. The Morgan fingerprint density at radius 2 is 1.74 bits per heavy atom. The minimum atomic E-state index is -4.96. The molecular formula is C22H13ClF5N5O2. The van der Waals surface area contributed by atoms with Crippen molar-refractivity contribution < 1.29 is 31.5 Å². The number of halogens is 6. The number of para-hydroxylation sites is 1. The first-order chi connectivity index (χ1) is 16.6. The zero-order valence-electron chi connectivity index (χ0n) is 17.3. The highest BCUT2D eigenvalue weighted by Crippen LogP contribution is 2.37. The van der Waals surface area contributed by atoms with Crippen LogP contribution in [0.2, 0.25) is 5.02 Å². The summed E-state index contributed by atoms with van der Waals surface area (Å²) in [5, 5.41) is 5.53. The monoisotopic (exact) mass is 509 g/mol. The molecule has 0 saturated carbocycles. The molecule has 180 valence electrons. The number of benzene rings is 2. The van der Waals surface area contributed by atoms with Crippen LogP contribution in [0.4, 0.5) is 33.5 Å². The summed E-state index contributed by atoms with van der Waals surface area (Å²) in [6.45, 7) is 0. The molecule has 0 spiro atoms. The number of carbonyl (C=O) groups is 1. The van der Waals surface area contributed by atoms with Crippen molar-refractivity contribution in [2.24, 2.45) is 0 Å². The second-order valence-corrected chi connectivity index (χ2v) is 7.36. The van der Waals surface area contributed by atoms with Crippen LogP contribution in [0.25, 0.3) is 5.69 Å². The van der Waals surface area contributed by atoms with E-state index in [1.807, 2.05) is 5.32 Å². The molecule has 3 N–H and O–H groups in total. The molecule has 0 bridgehead atoms. The highest BCUT2D eigenvalue weighted by atomic mass is 35.5. The third-order valence-corrected chi connectivity index (χ3v) is 5.01. The first kappa shape index (κ1) is 24.0. The van der Waals surface area contributed by atoms with E-state index in [4.69, 9.17) is 22.1 Å². The summed E-state index contributed by atoms with van der Waals surface area (Å²) < 4.78 is 76.2. The van der Waals surface area contributed by atoms with Crippen molar-refractivity contribution in [2.45, 2.75) is 6.18 Å². The number of pyridine rings is 1. The zero-order chi connectivity index (χ0) is 25.3. The zero-order valence-corrected chi connectivity index (χ0v) is 18.0. The van der Waals surface area contributed by atoms with Crippen molar-refractivity contribution in [3.05, 3.63) is 88.8 Å². The Morgan fingerprint density at radius 3 is 2.37 bits per heavy atom.